The SMILES string of the molecule is CN1CCC(c2cccc(C3CC(C(=O)O)CN3)c2)CC1. The van der Waals surface area contributed by atoms with Gasteiger partial charge in [0.15, 0.2) is 0 Å². The fourth-order valence-corrected chi connectivity index (χ4v) is 3.55. The molecule has 114 valence electrons. The lowest BCUT2D eigenvalue weighted by atomic mass is 9.87. The van der Waals surface area contributed by atoms with Crippen molar-refractivity contribution in [3.8, 4) is 0 Å². The van der Waals surface area contributed by atoms with E-state index in [0.29, 0.717) is 18.9 Å². The van der Waals surface area contributed by atoms with Gasteiger partial charge in [-0.3, -0.25) is 4.79 Å². The number of rotatable bonds is 3. The van der Waals surface area contributed by atoms with E-state index < -0.39 is 5.97 Å². The molecule has 2 heterocycles. The summed E-state index contributed by atoms with van der Waals surface area (Å²) in [4.78, 5) is 13.5. The fourth-order valence-electron chi connectivity index (χ4n) is 3.55. The van der Waals surface area contributed by atoms with E-state index in [0.717, 1.165) is 13.1 Å². The number of nitrogens with zero attached hydrogens (tertiary/aromatic N) is 1. The number of likely N-dealkylation sites (tertiary alicyclic amines) is 1. The molecule has 2 N–H and O–H groups in total. The maximum absolute atomic E-state index is 11.1. The monoisotopic (exact) mass is 288 g/mol. The molecule has 0 spiro atoms. The molecule has 2 fully saturated rings. The van der Waals surface area contributed by atoms with Crippen molar-refractivity contribution in [2.75, 3.05) is 26.7 Å². The van der Waals surface area contributed by atoms with Crippen LogP contribution in [0, 0.1) is 5.92 Å². The Balaban J connectivity index is 1.70. The van der Waals surface area contributed by atoms with Gasteiger partial charge in [-0.05, 0) is 56.4 Å². The zero-order chi connectivity index (χ0) is 14.8. The summed E-state index contributed by atoms with van der Waals surface area (Å²) in [6.45, 7) is 2.91. The number of carbonyl (C=O) groups is 1. The predicted molar refractivity (Wildman–Crippen MR) is 82.4 cm³/mol. The topological polar surface area (TPSA) is 52.6 Å². The molecule has 0 amide bonds. The second-order valence-electron chi connectivity index (χ2n) is 6.48. The molecule has 2 unspecified atom stereocenters. The highest BCUT2D eigenvalue weighted by atomic mass is 16.4. The molecule has 0 aliphatic carbocycles. The molecule has 0 saturated carbocycles. The summed E-state index contributed by atoms with van der Waals surface area (Å²) >= 11 is 0. The smallest absolute Gasteiger partial charge is 0.307 e. The van der Waals surface area contributed by atoms with Gasteiger partial charge in [-0.25, -0.2) is 0 Å². The number of carboxylic acid groups (broad SMARTS) is 1. The van der Waals surface area contributed by atoms with Crippen LogP contribution in [0.5, 0.6) is 0 Å². The quantitative estimate of drug-likeness (QED) is 0.895. The highest BCUT2D eigenvalue weighted by molar-refractivity contribution is 5.70. The summed E-state index contributed by atoms with van der Waals surface area (Å²) in [6.07, 6.45) is 3.14. The molecule has 21 heavy (non-hydrogen) atoms. The van der Waals surface area contributed by atoms with Crippen molar-refractivity contribution in [3.63, 3.8) is 0 Å². The number of aliphatic carboxylic acids is 1. The fraction of sp³-hybridized carbons (Fsp3) is 0.588. The molecule has 0 bridgehead atoms. The van der Waals surface area contributed by atoms with Crippen LogP contribution in [0.15, 0.2) is 24.3 Å². The van der Waals surface area contributed by atoms with Crippen molar-refractivity contribution >= 4 is 5.97 Å². The van der Waals surface area contributed by atoms with E-state index in [2.05, 4.69) is 41.5 Å². The number of piperidine rings is 1. The minimum absolute atomic E-state index is 0.192. The molecule has 4 heteroatoms. The first-order chi connectivity index (χ1) is 10.1. The molecule has 2 aliphatic rings. The average molecular weight is 288 g/mol. The molecular formula is C17H24N2O2. The zero-order valence-electron chi connectivity index (χ0n) is 12.6. The minimum atomic E-state index is -0.684. The maximum Gasteiger partial charge on any atom is 0.307 e. The molecule has 1 aromatic carbocycles. The number of nitrogens with one attached hydrogen (secondary N) is 1. The Morgan fingerprint density at radius 2 is 2.00 bits per heavy atom. The molecule has 2 saturated heterocycles. The Kier molecular flexibility index (Phi) is 4.27. The Morgan fingerprint density at radius 3 is 2.67 bits per heavy atom. The van der Waals surface area contributed by atoms with E-state index in [1.165, 1.54) is 24.0 Å². The Labute approximate surface area is 126 Å². The Hall–Kier alpha value is -1.39. The summed E-state index contributed by atoms with van der Waals surface area (Å²) in [7, 11) is 2.18. The lowest BCUT2D eigenvalue weighted by Crippen LogP contribution is -2.29. The summed E-state index contributed by atoms with van der Waals surface area (Å²) in [5.41, 5.74) is 2.66. The second kappa shape index (κ2) is 6.16. The first kappa shape index (κ1) is 14.5. The zero-order valence-corrected chi connectivity index (χ0v) is 12.6. The third-order valence-electron chi connectivity index (χ3n) is 4.98. The second-order valence-corrected chi connectivity index (χ2v) is 6.48. The predicted octanol–water partition coefficient (Wildman–Crippen LogP) is 2.23. The van der Waals surface area contributed by atoms with Gasteiger partial charge in [0.1, 0.15) is 0 Å². The Morgan fingerprint density at radius 1 is 1.29 bits per heavy atom. The van der Waals surface area contributed by atoms with Crippen LogP contribution in [-0.2, 0) is 4.79 Å². The van der Waals surface area contributed by atoms with Crippen LogP contribution in [0.25, 0.3) is 0 Å². The minimum Gasteiger partial charge on any atom is -0.481 e. The molecular weight excluding hydrogens is 264 g/mol. The lowest BCUT2D eigenvalue weighted by molar-refractivity contribution is -0.141. The molecule has 4 nitrogen and oxygen atoms in total. The van der Waals surface area contributed by atoms with Crippen molar-refractivity contribution in [2.45, 2.75) is 31.2 Å². The van der Waals surface area contributed by atoms with Crippen molar-refractivity contribution in [1.29, 1.82) is 0 Å². The van der Waals surface area contributed by atoms with E-state index in [1.807, 2.05) is 0 Å². The maximum atomic E-state index is 11.1. The van der Waals surface area contributed by atoms with Crippen LogP contribution in [0.3, 0.4) is 0 Å². The standard InChI is InChI=1S/C17H24N2O2/c1-19-7-5-12(6-8-19)13-3-2-4-14(9-13)16-10-15(11-18-16)17(20)21/h2-4,9,12,15-16,18H,5-8,10-11H2,1H3,(H,20,21). The van der Waals surface area contributed by atoms with Crippen LogP contribution in [0.1, 0.15) is 42.3 Å². The van der Waals surface area contributed by atoms with Crippen molar-refractivity contribution < 1.29 is 9.90 Å². The van der Waals surface area contributed by atoms with Crippen molar-refractivity contribution in [2.24, 2.45) is 5.92 Å². The van der Waals surface area contributed by atoms with Gasteiger partial charge in [-0.2, -0.15) is 0 Å². The molecule has 0 aromatic heterocycles. The van der Waals surface area contributed by atoms with E-state index in [-0.39, 0.29) is 12.0 Å². The molecule has 1 aromatic rings. The van der Waals surface area contributed by atoms with Gasteiger partial charge < -0.3 is 15.3 Å². The highest BCUT2D eigenvalue weighted by Gasteiger charge is 2.30. The van der Waals surface area contributed by atoms with E-state index in [1.54, 1.807) is 0 Å². The number of hydrogen-bond donors (Lipinski definition) is 2. The molecule has 3 rings (SSSR count). The van der Waals surface area contributed by atoms with Gasteiger partial charge in [-0.1, -0.05) is 24.3 Å². The van der Waals surface area contributed by atoms with Crippen molar-refractivity contribution in [1.82, 2.24) is 10.2 Å². The van der Waals surface area contributed by atoms with Gasteiger partial charge in [-0.15, -0.1) is 0 Å². The third-order valence-corrected chi connectivity index (χ3v) is 4.98. The summed E-state index contributed by atoms with van der Waals surface area (Å²) in [6, 6.07) is 8.96. The molecule has 2 aliphatic heterocycles. The van der Waals surface area contributed by atoms with E-state index in [9.17, 15) is 4.79 Å². The first-order valence-corrected chi connectivity index (χ1v) is 7.88. The molecule has 0 radical (unpaired) electrons. The van der Waals surface area contributed by atoms with Gasteiger partial charge in [0.05, 0.1) is 5.92 Å². The highest BCUT2D eigenvalue weighted by Crippen LogP contribution is 2.32. The van der Waals surface area contributed by atoms with Gasteiger partial charge >= 0.3 is 5.97 Å². The van der Waals surface area contributed by atoms with Crippen LogP contribution in [0.4, 0.5) is 0 Å². The average Bonchev–Trinajstić information content (AvgIpc) is 2.98. The van der Waals surface area contributed by atoms with E-state index >= 15 is 0 Å². The summed E-state index contributed by atoms with van der Waals surface area (Å²) in [5.74, 6) is -0.281. The third kappa shape index (κ3) is 3.27. The Bertz CT molecular complexity index is 509. The van der Waals surface area contributed by atoms with Gasteiger partial charge in [0.25, 0.3) is 0 Å². The van der Waals surface area contributed by atoms with Crippen LogP contribution in [-0.4, -0.2) is 42.7 Å². The van der Waals surface area contributed by atoms with Gasteiger partial charge in [0.2, 0.25) is 0 Å². The largest absolute Gasteiger partial charge is 0.481 e. The lowest BCUT2D eigenvalue weighted by Gasteiger charge is -2.29. The number of carboxylic acids is 1. The number of hydrogen-bond acceptors (Lipinski definition) is 3. The van der Waals surface area contributed by atoms with Crippen LogP contribution in [0.2, 0.25) is 0 Å². The first-order valence-electron chi connectivity index (χ1n) is 7.88. The van der Waals surface area contributed by atoms with E-state index in [4.69, 9.17) is 5.11 Å². The van der Waals surface area contributed by atoms with Crippen molar-refractivity contribution in [3.05, 3.63) is 35.4 Å². The molecule has 2 atom stereocenters. The normalized spacial score (nSPS) is 27.9. The number of benzene rings is 1. The summed E-state index contributed by atoms with van der Waals surface area (Å²) in [5, 5.41) is 12.5. The van der Waals surface area contributed by atoms with Crippen LogP contribution >= 0.6 is 0 Å². The summed E-state index contributed by atoms with van der Waals surface area (Å²) < 4.78 is 0. The van der Waals surface area contributed by atoms with Gasteiger partial charge in [0, 0.05) is 12.6 Å². The van der Waals surface area contributed by atoms with Crippen LogP contribution < -0.4 is 5.32 Å².